The largest absolute Gasteiger partial charge is 0.493 e. The summed E-state index contributed by atoms with van der Waals surface area (Å²) in [6.45, 7) is 5.60. The summed E-state index contributed by atoms with van der Waals surface area (Å²) < 4.78 is 22.7. The van der Waals surface area contributed by atoms with Crippen LogP contribution in [0.25, 0.3) is 0 Å². The van der Waals surface area contributed by atoms with E-state index in [0.29, 0.717) is 48.5 Å². The van der Waals surface area contributed by atoms with Crippen LogP contribution in [0.3, 0.4) is 0 Å². The molecule has 180 valence electrons. The summed E-state index contributed by atoms with van der Waals surface area (Å²) in [6.07, 6.45) is 0. The highest BCUT2D eigenvalue weighted by atomic mass is 35.5. The smallest absolute Gasteiger partial charge is 0.251 e. The van der Waals surface area contributed by atoms with E-state index in [1.165, 1.54) is 0 Å². The molecule has 1 amide bonds. The Morgan fingerprint density at radius 3 is 2.53 bits per heavy atom. The van der Waals surface area contributed by atoms with E-state index < -0.39 is 0 Å². The molecule has 2 aromatic carbocycles. The zero-order valence-corrected chi connectivity index (χ0v) is 20.1. The summed E-state index contributed by atoms with van der Waals surface area (Å²) in [5, 5.41) is 3.72. The van der Waals surface area contributed by atoms with Gasteiger partial charge < -0.3 is 23.9 Å². The van der Waals surface area contributed by atoms with E-state index in [2.05, 4.69) is 10.2 Å². The Kier molecular flexibility index (Phi) is 8.11. The molecule has 1 N–H and O–H groups in total. The third-order valence-corrected chi connectivity index (χ3v) is 6.02. The van der Waals surface area contributed by atoms with Crippen LogP contribution in [-0.4, -0.2) is 50.8 Å². The van der Waals surface area contributed by atoms with Gasteiger partial charge in [-0.3, -0.25) is 9.69 Å². The van der Waals surface area contributed by atoms with E-state index in [4.69, 9.17) is 30.2 Å². The molecule has 7 nitrogen and oxygen atoms in total. The minimum absolute atomic E-state index is 0.0644. The summed E-state index contributed by atoms with van der Waals surface area (Å²) in [5.74, 6) is 2.55. The number of hydrogen-bond donors (Lipinski definition) is 1. The third kappa shape index (κ3) is 6.11. The quantitative estimate of drug-likeness (QED) is 0.477. The van der Waals surface area contributed by atoms with Crippen molar-refractivity contribution in [2.45, 2.75) is 19.6 Å². The van der Waals surface area contributed by atoms with Gasteiger partial charge in [0.05, 0.1) is 26.4 Å². The lowest BCUT2D eigenvalue weighted by molar-refractivity contribution is 0.0117. The predicted molar refractivity (Wildman–Crippen MR) is 130 cm³/mol. The molecule has 0 aliphatic carbocycles. The van der Waals surface area contributed by atoms with Crippen LogP contribution in [0.1, 0.15) is 33.5 Å². The third-order valence-electron chi connectivity index (χ3n) is 5.77. The van der Waals surface area contributed by atoms with Gasteiger partial charge in [-0.05, 0) is 55.0 Å². The van der Waals surface area contributed by atoms with Crippen LogP contribution >= 0.6 is 11.6 Å². The second kappa shape index (κ2) is 11.4. The number of morpholine rings is 1. The molecule has 1 aliphatic heterocycles. The van der Waals surface area contributed by atoms with Crippen molar-refractivity contribution in [2.24, 2.45) is 0 Å². The Labute approximate surface area is 204 Å². The molecule has 2 heterocycles. The maximum absolute atomic E-state index is 13.0. The molecular weight excluding hydrogens is 456 g/mol. The highest BCUT2D eigenvalue weighted by molar-refractivity contribution is 6.30. The number of amides is 1. The Morgan fingerprint density at radius 2 is 1.85 bits per heavy atom. The number of aryl methyl sites for hydroxylation is 1. The zero-order valence-electron chi connectivity index (χ0n) is 19.4. The predicted octanol–water partition coefficient (Wildman–Crippen LogP) is 4.63. The van der Waals surface area contributed by atoms with E-state index in [-0.39, 0.29) is 11.9 Å². The number of carbonyl (C=O) groups excluding carboxylic acids is 1. The van der Waals surface area contributed by atoms with Crippen LogP contribution in [0.2, 0.25) is 5.02 Å². The van der Waals surface area contributed by atoms with Gasteiger partial charge in [0.15, 0.2) is 11.5 Å². The summed E-state index contributed by atoms with van der Waals surface area (Å²) in [7, 11) is 1.56. The first-order valence-electron chi connectivity index (χ1n) is 11.2. The number of ether oxygens (including phenoxy) is 3. The molecule has 34 heavy (non-hydrogen) atoms. The maximum Gasteiger partial charge on any atom is 0.251 e. The summed E-state index contributed by atoms with van der Waals surface area (Å²) in [5.41, 5.74) is 1.47. The van der Waals surface area contributed by atoms with Crippen LogP contribution in [0.4, 0.5) is 0 Å². The molecule has 0 bridgehead atoms. The van der Waals surface area contributed by atoms with Gasteiger partial charge in [0.25, 0.3) is 5.91 Å². The van der Waals surface area contributed by atoms with Crippen molar-refractivity contribution < 1.29 is 23.4 Å². The van der Waals surface area contributed by atoms with Crippen LogP contribution in [-0.2, 0) is 11.3 Å². The monoisotopic (exact) mass is 484 g/mol. The molecule has 4 rings (SSSR count). The molecule has 8 heteroatoms. The van der Waals surface area contributed by atoms with E-state index >= 15 is 0 Å². The van der Waals surface area contributed by atoms with E-state index in [0.717, 1.165) is 30.2 Å². The van der Waals surface area contributed by atoms with E-state index in [1.807, 2.05) is 43.3 Å². The molecule has 1 aromatic heterocycles. The highest BCUT2D eigenvalue weighted by Gasteiger charge is 2.26. The minimum Gasteiger partial charge on any atom is -0.493 e. The number of carbonyl (C=O) groups is 1. The lowest BCUT2D eigenvalue weighted by atomic mass is 10.1. The second-order valence-corrected chi connectivity index (χ2v) is 8.54. The molecule has 1 fully saturated rings. The van der Waals surface area contributed by atoms with Gasteiger partial charge in [-0.1, -0.05) is 23.7 Å². The fraction of sp³-hybridized carbons (Fsp3) is 0.346. The van der Waals surface area contributed by atoms with Crippen molar-refractivity contribution in [2.75, 3.05) is 40.0 Å². The summed E-state index contributed by atoms with van der Waals surface area (Å²) in [6, 6.07) is 16.5. The summed E-state index contributed by atoms with van der Waals surface area (Å²) >= 11 is 5.94. The molecular formula is C26H29ClN2O5. The van der Waals surface area contributed by atoms with Crippen molar-refractivity contribution in [3.8, 4) is 11.5 Å². The van der Waals surface area contributed by atoms with E-state index in [1.54, 1.807) is 25.3 Å². The van der Waals surface area contributed by atoms with Crippen LogP contribution in [0.5, 0.6) is 11.5 Å². The SMILES string of the molecule is COc1cc(C(=O)NC[C@@H](c2ccc(C)o2)N2CCOCC2)ccc1OCc1ccc(Cl)cc1. The van der Waals surface area contributed by atoms with Gasteiger partial charge in [0.2, 0.25) is 0 Å². The van der Waals surface area contributed by atoms with Gasteiger partial charge in [-0.15, -0.1) is 0 Å². The van der Waals surface area contributed by atoms with Crippen LogP contribution in [0.15, 0.2) is 59.0 Å². The van der Waals surface area contributed by atoms with Gasteiger partial charge >= 0.3 is 0 Å². The maximum atomic E-state index is 13.0. The lowest BCUT2D eigenvalue weighted by Crippen LogP contribution is -2.43. The van der Waals surface area contributed by atoms with Gasteiger partial charge in [-0.2, -0.15) is 0 Å². The average molecular weight is 485 g/mol. The number of benzene rings is 2. The highest BCUT2D eigenvalue weighted by Crippen LogP contribution is 2.29. The van der Waals surface area contributed by atoms with Crippen LogP contribution in [0, 0.1) is 6.92 Å². The molecule has 1 saturated heterocycles. The van der Waals surface area contributed by atoms with E-state index in [9.17, 15) is 4.79 Å². The molecule has 1 aliphatic rings. The number of halogens is 1. The molecule has 0 saturated carbocycles. The molecule has 0 radical (unpaired) electrons. The standard InChI is InChI=1S/C26H29ClN2O5/c1-18-3-9-23(34-18)22(29-11-13-32-14-12-29)16-28-26(30)20-6-10-24(25(15-20)31-2)33-17-19-4-7-21(27)8-5-19/h3-10,15,22H,11-14,16-17H2,1-2H3,(H,28,30)/t22-/m0/s1. The Balaban J connectivity index is 1.41. The van der Waals surface area contributed by atoms with Crippen molar-refractivity contribution in [3.05, 3.63) is 82.3 Å². The normalized spacial score (nSPS) is 15.0. The molecule has 0 spiro atoms. The number of furan rings is 1. The van der Waals surface area contributed by atoms with Gasteiger partial charge in [-0.25, -0.2) is 0 Å². The Bertz CT molecular complexity index is 1090. The zero-order chi connectivity index (χ0) is 23.9. The molecule has 1 atom stereocenters. The fourth-order valence-corrected chi connectivity index (χ4v) is 4.02. The number of nitrogens with one attached hydrogen (secondary N) is 1. The van der Waals surface area contributed by atoms with Gasteiger partial charge in [0.1, 0.15) is 18.1 Å². The number of hydrogen-bond acceptors (Lipinski definition) is 6. The first kappa shape index (κ1) is 24.1. The van der Waals surface area contributed by atoms with Crippen molar-refractivity contribution in [3.63, 3.8) is 0 Å². The van der Waals surface area contributed by atoms with Crippen molar-refractivity contribution >= 4 is 17.5 Å². The first-order valence-corrected chi connectivity index (χ1v) is 11.6. The number of methoxy groups -OCH3 is 1. The Hall–Kier alpha value is -3.00. The van der Waals surface area contributed by atoms with Crippen molar-refractivity contribution in [1.29, 1.82) is 0 Å². The molecule has 3 aromatic rings. The minimum atomic E-state index is -0.191. The average Bonchev–Trinajstić information content (AvgIpc) is 3.30. The topological polar surface area (TPSA) is 73.2 Å². The fourth-order valence-electron chi connectivity index (χ4n) is 3.89. The van der Waals surface area contributed by atoms with Crippen LogP contribution < -0.4 is 14.8 Å². The molecule has 0 unspecified atom stereocenters. The number of rotatable bonds is 9. The lowest BCUT2D eigenvalue weighted by Gasteiger charge is -2.33. The Morgan fingerprint density at radius 1 is 1.09 bits per heavy atom. The van der Waals surface area contributed by atoms with Crippen molar-refractivity contribution in [1.82, 2.24) is 10.2 Å². The summed E-state index contributed by atoms with van der Waals surface area (Å²) in [4.78, 5) is 15.2. The van der Waals surface area contributed by atoms with Gasteiger partial charge in [0, 0.05) is 30.2 Å². The first-order chi connectivity index (χ1) is 16.5. The second-order valence-electron chi connectivity index (χ2n) is 8.10. The number of nitrogens with zero attached hydrogens (tertiary/aromatic N) is 1.